The molecule has 0 saturated carbocycles. The van der Waals surface area contributed by atoms with Crippen LogP contribution in [0.25, 0.3) is 0 Å². The molecule has 15 N–H and O–H groups in total. The lowest BCUT2D eigenvalue weighted by Crippen LogP contribution is -2.69. The van der Waals surface area contributed by atoms with E-state index in [2.05, 4.69) is 4.90 Å². The number of aliphatic hydroxyl groups is 14. The number of hydrogen-bond acceptors (Lipinski definition) is 23. The minimum absolute atomic E-state index is 0.113. The van der Waals surface area contributed by atoms with Gasteiger partial charge in [-0.15, -0.1) is 0 Å². The molecule has 0 spiro atoms. The van der Waals surface area contributed by atoms with Crippen LogP contribution in [0.5, 0.6) is 0 Å². The Kier molecular flexibility index (Phi) is 29.6. The molecule has 0 aliphatic carbocycles. The topological polar surface area (TPSA) is 390 Å². The number of carboxylic acid groups (broad SMARTS) is 1. The van der Waals surface area contributed by atoms with Gasteiger partial charge in [0.05, 0.1) is 92.8 Å². The van der Waals surface area contributed by atoms with Crippen molar-refractivity contribution in [3.63, 3.8) is 0 Å². The lowest BCUT2D eigenvalue weighted by atomic mass is 9.82. The largest absolute Gasteiger partial charge is 0.481 e. The zero-order valence-corrected chi connectivity index (χ0v) is 49.4. The van der Waals surface area contributed by atoms with Gasteiger partial charge in [0.15, 0.2) is 12.1 Å². The van der Waals surface area contributed by atoms with Crippen LogP contribution in [-0.2, 0) is 33.3 Å². The van der Waals surface area contributed by atoms with Crippen molar-refractivity contribution < 1.29 is 110 Å². The van der Waals surface area contributed by atoms with E-state index in [0.717, 1.165) is 32.4 Å². The Bertz CT molecular complexity index is 2230. The molecule has 24 nitrogen and oxygen atoms in total. The van der Waals surface area contributed by atoms with Crippen LogP contribution < -0.4 is 0 Å². The molecule has 4 saturated heterocycles. The van der Waals surface area contributed by atoms with Gasteiger partial charge in [0, 0.05) is 44.1 Å². The number of likely N-dealkylation sites (tertiary alicyclic amines) is 1. The summed E-state index contributed by atoms with van der Waals surface area (Å²) in [6, 6.07) is -1.31. The van der Waals surface area contributed by atoms with E-state index in [9.17, 15) is 86.2 Å². The summed E-state index contributed by atoms with van der Waals surface area (Å²) in [5, 5.41) is 167. The van der Waals surface area contributed by atoms with Gasteiger partial charge >= 0.3 is 11.9 Å². The molecule has 2 bridgehead atoms. The van der Waals surface area contributed by atoms with Gasteiger partial charge < -0.3 is 105 Å². The average Bonchev–Trinajstić information content (AvgIpc) is 1.55. The number of allylic oxidation sites excluding steroid dienone is 12. The molecule has 4 fully saturated rings. The number of rotatable bonds is 10. The maximum Gasteiger partial charge on any atom is 0.311 e. The van der Waals surface area contributed by atoms with Gasteiger partial charge in [0.25, 0.3) is 0 Å². The van der Waals surface area contributed by atoms with Crippen LogP contribution in [0.2, 0.25) is 0 Å². The van der Waals surface area contributed by atoms with Crippen LogP contribution in [0.4, 0.5) is 0 Å². The molecule has 5 rings (SSSR count). The van der Waals surface area contributed by atoms with Gasteiger partial charge in [-0.1, -0.05) is 105 Å². The number of hydrogen-bond donors (Lipinski definition) is 15. The van der Waals surface area contributed by atoms with Gasteiger partial charge in [0.2, 0.25) is 5.79 Å². The number of carbonyl (C=O) groups is 2. The van der Waals surface area contributed by atoms with E-state index in [-0.39, 0.29) is 31.7 Å². The zero-order valence-electron chi connectivity index (χ0n) is 49.4. The summed E-state index contributed by atoms with van der Waals surface area (Å²) in [5.41, 5.74) is 0. The van der Waals surface area contributed by atoms with Gasteiger partial charge in [-0.05, 0) is 72.0 Å². The minimum Gasteiger partial charge on any atom is -0.481 e. The lowest BCUT2D eigenvalue weighted by Gasteiger charge is -2.50. The molecular formula is C61H98N2O22. The van der Waals surface area contributed by atoms with E-state index >= 15 is 0 Å². The summed E-state index contributed by atoms with van der Waals surface area (Å²) in [6.45, 7) is 8.05. The van der Waals surface area contributed by atoms with E-state index in [1.54, 1.807) is 86.8 Å². The molecule has 484 valence electrons. The number of fused-ring (bicyclic) bond motifs is 2. The fourth-order valence-electron chi connectivity index (χ4n) is 11.7. The average molecular weight is 1210 g/mol. The van der Waals surface area contributed by atoms with Crippen molar-refractivity contribution in [3.05, 3.63) is 85.1 Å². The molecule has 0 unspecified atom stereocenters. The van der Waals surface area contributed by atoms with E-state index in [4.69, 9.17) is 23.7 Å². The van der Waals surface area contributed by atoms with Crippen LogP contribution in [0.3, 0.4) is 0 Å². The highest BCUT2D eigenvalue weighted by Crippen LogP contribution is 2.39. The van der Waals surface area contributed by atoms with Crippen molar-refractivity contribution in [1.82, 2.24) is 9.80 Å². The molecule has 23 atom stereocenters. The highest BCUT2D eigenvalue weighted by molar-refractivity contribution is 5.71. The fraction of sp³-hybridized carbons (Fsp3) is 0.738. The molecule has 0 amide bonds. The van der Waals surface area contributed by atoms with Crippen LogP contribution >= 0.6 is 0 Å². The Hall–Kier alpha value is -3.68. The number of piperidine rings is 1. The molecule has 0 aromatic heterocycles. The maximum atomic E-state index is 12.9. The minimum atomic E-state index is -2.48. The molecule has 5 heterocycles. The monoisotopic (exact) mass is 1210 g/mol. The Morgan fingerprint density at radius 2 is 1.27 bits per heavy atom. The van der Waals surface area contributed by atoms with Crippen LogP contribution in [0.1, 0.15) is 105 Å². The summed E-state index contributed by atoms with van der Waals surface area (Å²) in [5.74, 6) is -9.66. The van der Waals surface area contributed by atoms with E-state index in [0.29, 0.717) is 13.0 Å². The SMILES string of the molecule is C[C@@H]1[C@H](O)[C@@H](C)/C=C/C=C/C=C/C=C/C=C/C=C/C=C/[C@H](O[C@@H]2O[C@@H](C)[C@@H](O)[C@H](N(CCCN3CCCCC3)C[C@@]3(O)OC[C@@H](O)[C@@H](O)[C@@H]3O)[C@@H]2O)C[C@@H]2O[C@](O)(C[C@@H](O)C[C@@H](O)[C@H](O)CC[C@@H](O)C[C@@H](O)CC(=O)O[C@H]1C)C[C@H](O)[C@H]2C(=O)O. The zero-order chi connectivity index (χ0) is 62.6. The standard InChI is InChI=1S/C61H98N2O22/c1-37-21-16-13-11-9-7-5-6-8-10-12-14-17-22-44(84-59-56(75)52(54(73)40(4)83-59)63(28-20-27-62-25-18-15-19-26-62)36-61(80)57(76)55(74)48(70)35-81-61)32-49-51(58(77)78)47(69)34-60(79,85-49)33-43(66)30-46(68)45(67)24-23-41(64)29-42(65)31-50(71)82-39(3)38(2)53(37)72/h5-14,16-17,21-22,37-49,51-57,59,64-70,72-76,79-80H,15,18-20,23-36H2,1-4H3,(H,77,78)/b6-5+,9-7+,10-8+,13-11+,14-12+,21-16+,22-17+/t37-,38-,39-,40-,41+,42+,43-,44-,45+,46+,47-,48+,49-,51+,52-,53+,54+,55+,56-,57-,59-,60+,61+/m0/s1. The normalized spacial score (nSPS) is 44.5. The summed E-state index contributed by atoms with van der Waals surface area (Å²) < 4.78 is 29.7. The van der Waals surface area contributed by atoms with Crippen molar-refractivity contribution in [1.29, 1.82) is 0 Å². The lowest BCUT2D eigenvalue weighted by molar-refractivity contribution is -0.336. The summed E-state index contributed by atoms with van der Waals surface area (Å²) in [7, 11) is 0. The van der Waals surface area contributed by atoms with E-state index in [1.807, 2.05) is 13.0 Å². The quantitative estimate of drug-likeness (QED) is 0.125. The predicted molar refractivity (Wildman–Crippen MR) is 308 cm³/mol. The van der Waals surface area contributed by atoms with Crippen LogP contribution in [-0.4, -0.2) is 259 Å². The van der Waals surface area contributed by atoms with Gasteiger partial charge in [-0.25, -0.2) is 0 Å². The Balaban J connectivity index is 1.42. The molecular weight excluding hydrogens is 1110 g/mol. The second-order valence-corrected chi connectivity index (χ2v) is 23.9. The van der Waals surface area contributed by atoms with E-state index in [1.165, 1.54) is 17.9 Å². The van der Waals surface area contributed by atoms with Crippen molar-refractivity contribution in [2.24, 2.45) is 17.8 Å². The van der Waals surface area contributed by atoms with Crippen molar-refractivity contribution >= 4 is 11.9 Å². The van der Waals surface area contributed by atoms with Crippen molar-refractivity contribution in [3.8, 4) is 0 Å². The first-order valence-electron chi connectivity index (χ1n) is 30.0. The predicted octanol–water partition coefficient (Wildman–Crippen LogP) is -0.267. The van der Waals surface area contributed by atoms with Gasteiger partial charge in [-0.2, -0.15) is 0 Å². The highest BCUT2D eigenvalue weighted by atomic mass is 16.7. The number of carboxylic acids is 1. The first-order chi connectivity index (χ1) is 40.2. The number of aliphatic hydroxyl groups excluding tert-OH is 12. The molecule has 0 aromatic carbocycles. The Labute approximate surface area is 498 Å². The Morgan fingerprint density at radius 1 is 0.659 bits per heavy atom. The smallest absolute Gasteiger partial charge is 0.311 e. The highest BCUT2D eigenvalue weighted by Gasteiger charge is 2.55. The second kappa shape index (κ2) is 34.9. The molecule has 5 aliphatic heterocycles. The second-order valence-electron chi connectivity index (χ2n) is 23.9. The molecule has 5 aliphatic rings. The van der Waals surface area contributed by atoms with Crippen molar-refractivity contribution in [2.75, 3.05) is 39.3 Å². The maximum absolute atomic E-state index is 12.9. The number of carbonyl (C=O) groups excluding carboxylic acids is 1. The number of aliphatic carboxylic acids is 1. The van der Waals surface area contributed by atoms with Gasteiger partial charge in [0.1, 0.15) is 36.4 Å². The number of esters is 1. The van der Waals surface area contributed by atoms with E-state index < -0.39 is 191 Å². The summed E-state index contributed by atoms with van der Waals surface area (Å²) in [4.78, 5) is 29.4. The molecule has 85 heavy (non-hydrogen) atoms. The fourth-order valence-corrected chi connectivity index (χ4v) is 11.7. The first-order valence-corrected chi connectivity index (χ1v) is 30.0. The van der Waals surface area contributed by atoms with Crippen LogP contribution in [0.15, 0.2) is 85.1 Å². The third-order valence-electron chi connectivity index (χ3n) is 16.8. The number of nitrogens with zero attached hydrogens (tertiary/aromatic N) is 2. The van der Waals surface area contributed by atoms with Gasteiger partial charge in [-0.3, -0.25) is 14.5 Å². The number of ether oxygens (including phenoxy) is 5. The number of cyclic esters (lactones) is 1. The molecule has 24 heteroatoms. The third kappa shape index (κ3) is 22.4. The van der Waals surface area contributed by atoms with Crippen molar-refractivity contribution in [2.45, 2.75) is 226 Å². The summed E-state index contributed by atoms with van der Waals surface area (Å²) >= 11 is 0. The Morgan fingerprint density at radius 3 is 1.89 bits per heavy atom. The summed E-state index contributed by atoms with van der Waals surface area (Å²) in [6.07, 6.45) is -0.645. The van der Waals surface area contributed by atoms with Crippen LogP contribution in [0, 0.1) is 17.8 Å². The molecule has 0 aromatic rings. The first kappa shape index (κ1) is 72.1. The molecule has 0 radical (unpaired) electrons. The third-order valence-corrected chi connectivity index (χ3v) is 16.8.